The highest BCUT2D eigenvalue weighted by Crippen LogP contribution is 2.32. The van der Waals surface area contributed by atoms with Crippen molar-refractivity contribution in [2.24, 2.45) is 0 Å². The highest BCUT2D eigenvalue weighted by molar-refractivity contribution is 5.97. The monoisotopic (exact) mass is 279 g/mol. The van der Waals surface area contributed by atoms with E-state index in [4.69, 9.17) is 0 Å². The van der Waals surface area contributed by atoms with E-state index in [1.54, 1.807) is 0 Å². The third-order valence-electron chi connectivity index (χ3n) is 4.32. The summed E-state index contributed by atoms with van der Waals surface area (Å²) in [6.07, 6.45) is 1.43. The lowest BCUT2D eigenvalue weighted by molar-refractivity contribution is -0.118. The van der Waals surface area contributed by atoms with Gasteiger partial charge in [0.15, 0.2) is 0 Å². The zero-order chi connectivity index (χ0) is 15.0. The number of benzene rings is 2. The third-order valence-corrected chi connectivity index (χ3v) is 4.32. The zero-order valence-electron chi connectivity index (χ0n) is 12.9. The first-order valence-electron chi connectivity index (χ1n) is 7.52. The Morgan fingerprint density at radius 2 is 1.95 bits per heavy atom. The number of hydrogen-bond donors (Lipinski definition) is 0. The fourth-order valence-corrected chi connectivity index (χ4v) is 3.24. The van der Waals surface area contributed by atoms with Crippen LogP contribution in [0.25, 0.3) is 0 Å². The number of amides is 1. The van der Waals surface area contributed by atoms with Gasteiger partial charge in [0.1, 0.15) is 0 Å². The van der Waals surface area contributed by atoms with Gasteiger partial charge >= 0.3 is 0 Å². The summed E-state index contributed by atoms with van der Waals surface area (Å²) in [5.41, 5.74) is 5.92. The van der Waals surface area contributed by atoms with E-state index in [-0.39, 0.29) is 11.9 Å². The molecule has 1 amide bonds. The molecule has 0 bridgehead atoms. The molecule has 0 radical (unpaired) electrons. The summed E-state index contributed by atoms with van der Waals surface area (Å²) in [5.74, 6) is 0.194. The molecule has 108 valence electrons. The first kappa shape index (κ1) is 13.9. The molecule has 1 atom stereocenters. The Kier molecular flexibility index (Phi) is 3.54. The summed E-state index contributed by atoms with van der Waals surface area (Å²) in [6, 6.07) is 14.8. The fourth-order valence-electron chi connectivity index (χ4n) is 3.24. The molecule has 1 heterocycles. The molecule has 3 rings (SSSR count). The number of para-hydroxylation sites is 1. The highest BCUT2D eigenvalue weighted by Gasteiger charge is 2.30. The minimum atomic E-state index is 0.194. The second-order valence-electron chi connectivity index (χ2n) is 6.05. The molecule has 2 aromatic carbocycles. The predicted octanol–water partition coefficient (Wildman–Crippen LogP) is 3.82. The molecule has 2 aromatic rings. The Morgan fingerprint density at radius 1 is 1.19 bits per heavy atom. The fraction of sp³-hybridized carbons (Fsp3) is 0.316. The molecule has 1 aliphatic rings. The van der Waals surface area contributed by atoms with Crippen molar-refractivity contribution < 1.29 is 4.79 Å². The van der Waals surface area contributed by atoms with Gasteiger partial charge in [0.05, 0.1) is 6.42 Å². The molecule has 1 aliphatic heterocycles. The number of nitrogens with zero attached hydrogens (tertiary/aromatic N) is 1. The van der Waals surface area contributed by atoms with Crippen molar-refractivity contribution >= 4 is 11.6 Å². The maximum atomic E-state index is 12.8. The van der Waals surface area contributed by atoms with Gasteiger partial charge in [0.25, 0.3) is 0 Å². The van der Waals surface area contributed by atoms with Crippen LogP contribution in [0.5, 0.6) is 0 Å². The number of anilines is 1. The smallest absolute Gasteiger partial charge is 0.231 e. The zero-order valence-corrected chi connectivity index (χ0v) is 12.9. The van der Waals surface area contributed by atoms with Crippen LogP contribution in [0.4, 0.5) is 5.69 Å². The SMILES string of the molecule is Cc1ccc(CC(=O)N2c3ccccc3CC2C)c(C)c1. The van der Waals surface area contributed by atoms with Crippen LogP contribution in [0.3, 0.4) is 0 Å². The Balaban J connectivity index is 1.86. The average molecular weight is 279 g/mol. The van der Waals surface area contributed by atoms with E-state index in [1.807, 2.05) is 17.0 Å². The molecular weight excluding hydrogens is 258 g/mol. The summed E-state index contributed by atoms with van der Waals surface area (Å²) in [5, 5.41) is 0. The number of aryl methyl sites for hydroxylation is 2. The molecule has 21 heavy (non-hydrogen) atoms. The van der Waals surface area contributed by atoms with Gasteiger partial charge in [-0.3, -0.25) is 4.79 Å². The second kappa shape index (κ2) is 5.36. The van der Waals surface area contributed by atoms with Gasteiger partial charge < -0.3 is 4.90 Å². The van der Waals surface area contributed by atoms with Gasteiger partial charge in [-0.05, 0) is 49.9 Å². The van der Waals surface area contributed by atoms with Crippen LogP contribution in [-0.4, -0.2) is 11.9 Å². The number of carbonyl (C=O) groups excluding carboxylic acids is 1. The van der Waals surface area contributed by atoms with Crippen LogP contribution in [0, 0.1) is 13.8 Å². The van der Waals surface area contributed by atoms with Gasteiger partial charge in [0, 0.05) is 11.7 Å². The molecule has 0 saturated heterocycles. The van der Waals surface area contributed by atoms with Crippen molar-refractivity contribution in [3.05, 3.63) is 64.7 Å². The molecule has 0 aromatic heterocycles. The number of rotatable bonds is 2. The maximum Gasteiger partial charge on any atom is 0.231 e. The summed E-state index contributed by atoms with van der Waals surface area (Å²) in [6.45, 7) is 6.29. The van der Waals surface area contributed by atoms with Crippen molar-refractivity contribution in [2.75, 3.05) is 4.90 Å². The van der Waals surface area contributed by atoms with E-state index in [0.29, 0.717) is 6.42 Å². The van der Waals surface area contributed by atoms with Crippen LogP contribution in [-0.2, 0) is 17.6 Å². The number of hydrogen-bond acceptors (Lipinski definition) is 1. The molecule has 0 saturated carbocycles. The van der Waals surface area contributed by atoms with E-state index in [2.05, 4.69) is 51.1 Å². The first-order chi connectivity index (χ1) is 10.1. The lowest BCUT2D eigenvalue weighted by atomic mass is 10.0. The highest BCUT2D eigenvalue weighted by atomic mass is 16.2. The van der Waals surface area contributed by atoms with Gasteiger partial charge in [-0.1, -0.05) is 42.0 Å². The lowest BCUT2D eigenvalue weighted by Crippen LogP contribution is -2.36. The molecule has 2 heteroatoms. The van der Waals surface area contributed by atoms with Crippen LogP contribution in [0.1, 0.15) is 29.2 Å². The molecule has 0 aliphatic carbocycles. The summed E-state index contributed by atoms with van der Waals surface area (Å²) >= 11 is 0. The van der Waals surface area contributed by atoms with E-state index >= 15 is 0 Å². The molecule has 0 spiro atoms. The molecule has 0 N–H and O–H groups in total. The van der Waals surface area contributed by atoms with E-state index in [9.17, 15) is 4.79 Å². The molecule has 0 fully saturated rings. The van der Waals surface area contributed by atoms with E-state index in [1.165, 1.54) is 16.7 Å². The Labute approximate surface area is 126 Å². The van der Waals surface area contributed by atoms with Gasteiger partial charge in [0.2, 0.25) is 5.91 Å². The van der Waals surface area contributed by atoms with Crippen molar-refractivity contribution in [3.63, 3.8) is 0 Å². The minimum absolute atomic E-state index is 0.194. The standard InChI is InChI=1S/C19H21NO/c1-13-8-9-16(14(2)10-13)12-19(21)20-15(3)11-17-6-4-5-7-18(17)20/h4-10,15H,11-12H2,1-3H3. The first-order valence-corrected chi connectivity index (χ1v) is 7.52. The number of fused-ring (bicyclic) bond motifs is 1. The average Bonchev–Trinajstić information content (AvgIpc) is 2.77. The Morgan fingerprint density at radius 3 is 2.71 bits per heavy atom. The van der Waals surface area contributed by atoms with E-state index in [0.717, 1.165) is 17.7 Å². The van der Waals surface area contributed by atoms with Gasteiger partial charge in [-0.2, -0.15) is 0 Å². The summed E-state index contributed by atoms with van der Waals surface area (Å²) in [7, 11) is 0. The van der Waals surface area contributed by atoms with Crippen molar-refractivity contribution in [2.45, 2.75) is 39.7 Å². The normalized spacial score (nSPS) is 16.9. The van der Waals surface area contributed by atoms with Crippen LogP contribution < -0.4 is 4.90 Å². The third kappa shape index (κ3) is 2.58. The predicted molar refractivity (Wildman–Crippen MR) is 86.7 cm³/mol. The van der Waals surface area contributed by atoms with Crippen molar-refractivity contribution in [1.82, 2.24) is 0 Å². The molecular formula is C19H21NO. The minimum Gasteiger partial charge on any atom is -0.309 e. The van der Waals surface area contributed by atoms with E-state index < -0.39 is 0 Å². The largest absolute Gasteiger partial charge is 0.309 e. The summed E-state index contributed by atoms with van der Waals surface area (Å²) < 4.78 is 0. The van der Waals surface area contributed by atoms with Crippen LogP contribution in [0.15, 0.2) is 42.5 Å². The van der Waals surface area contributed by atoms with Gasteiger partial charge in [-0.15, -0.1) is 0 Å². The van der Waals surface area contributed by atoms with Crippen molar-refractivity contribution in [1.29, 1.82) is 0 Å². The Hall–Kier alpha value is -2.09. The number of carbonyl (C=O) groups is 1. The Bertz CT molecular complexity index is 690. The molecule has 1 unspecified atom stereocenters. The van der Waals surface area contributed by atoms with Gasteiger partial charge in [-0.25, -0.2) is 0 Å². The maximum absolute atomic E-state index is 12.8. The van der Waals surface area contributed by atoms with Crippen LogP contribution >= 0.6 is 0 Å². The molecule has 2 nitrogen and oxygen atoms in total. The second-order valence-corrected chi connectivity index (χ2v) is 6.05. The summed E-state index contributed by atoms with van der Waals surface area (Å²) in [4.78, 5) is 14.7. The van der Waals surface area contributed by atoms with Crippen molar-refractivity contribution in [3.8, 4) is 0 Å². The topological polar surface area (TPSA) is 20.3 Å². The lowest BCUT2D eigenvalue weighted by Gasteiger charge is -2.23. The van der Waals surface area contributed by atoms with Crippen LogP contribution in [0.2, 0.25) is 0 Å². The quantitative estimate of drug-likeness (QED) is 0.818.